The molecular weight excluding hydrogens is 238 g/mol. The highest BCUT2D eigenvalue weighted by molar-refractivity contribution is 7.08. The van der Waals surface area contributed by atoms with E-state index < -0.39 is 0 Å². The molecule has 1 atom stereocenters. The van der Waals surface area contributed by atoms with Gasteiger partial charge >= 0.3 is 0 Å². The number of rotatable bonds is 5. The van der Waals surface area contributed by atoms with Crippen molar-refractivity contribution in [2.75, 3.05) is 6.54 Å². The Labute approximate surface area is 113 Å². The van der Waals surface area contributed by atoms with Gasteiger partial charge in [-0.2, -0.15) is 11.3 Å². The number of hydrogen-bond acceptors (Lipinski definition) is 2. The van der Waals surface area contributed by atoms with Crippen molar-refractivity contribution in [3.63, 3.8) is 0 Å². The van der Waals surface area contributed by atoms with E-state index in [0.717, 1.165) is 6.54 Å². The maximum atomic E-state index is 3.69. The third-order valence-electron chi connectivity index (χ3n) is 3.97. The first-order valence-electron chi connectivity index (χ1n) is 6.68. The highest BCUT2D eigenvalue weighted by atomic mass is 32.1. The van der Waals surface area contributed by atoms with Crippen molar-refractivity contribution in [2.24, 2.45) is 0 Å². The molecular formula is C16H19NS. The lowest BCUT2D eigenvalue weighted by Crippen LogP contribution is -2.31. The van der Waals surface area contributed by atoms with E-state index in [9.17, 15) is 0 Å². The smallest absolute Gasteiger partial charge is 0.0426 e. The molecule has 2 heteroatoms. The van der Waals surface area contributed by atoms with Crippen LogP contribution in [0.25, 0.3) is 0 Å². The Hall–Kier alpha value is -1.12. The van der Waals surface area contributed by atoms with Crippen LogP contribution in [-0.2, 0) is 5.41 Å². The standard InChI is InChI=1S/C16H19NS/c1-2-17-15(13-8-11-18-12-13)16(9-10-16)14-6-4-3-5-7-14/h3-8,11-12,15,17H,2,9-10H2,1H3. The molecule has 3 rings (SSSR count). The summed E-state index contributed by atoms with van der Waals surface area (Å²) in [6.45, 7) is 3.22. The minimum absolute atomic E-state index is 0.332. The minimum atomic E-state index is 0.332. The van der Waals surface area contributed by atoms with Gasteiger partial charge in [0.15, 0.2) is 0 Å². The van der Waals surface area contributed by atoms with E-state index in [-0.39, 0.29) is 0 Å². The van der Waals surface area contributed by atoms with Crippen LogP contribution in [0.4, 0.5) is 0 Å². The maximum absolute atomic E-state index is 3.69. The Kier molecular flexibility index (Phi) is 3.23. The molecule has 1 aromatic heterocycles. The fourth-order valence-electron chi connectivity index (χ4n) is 2.92. The van der Waals surface area contributed by atoms with E-state index in [4.69, 9.17) is 0 Å². The van der Waals surface area contributed by atoms with Gasteiger partial charge in [-0.1, -0.05) is 37.3 Å². The van der Waals surface area contributed by atoms with Crippen molar-refractivity contribution in [1.82, 2.24) is 5.32 Å². The average molecular weight is 257 g/mol. The normalized spacial score (nSPS) is 18.5. The van der Waals surface area contributed by atoms with Crippen LogP contribution in [0.1, 0.15) is 36.9 Å². The Morgan fingerprint density at radius 1 is 1.22 bits per heavy atom. The summed E-state index contributed by atoms with van der Waals surface area (Å²) in [6.07, 6.45) is 2.59. The molecule has 0 saturated heterocycles. The van der Waals surface area contributed by atoms with Crippen molar-refractivity contribution < 1.29 is 0 Å². The number of nitrogens with one attached hydrogen (secondary N) is 1. The van der Waals surface area contributed by atoms with E-state index in [1.165, 1.54) is 24.0 Å². The third-order valence-corrected chi connectivity index (χ3v) is 4.68. The fourth-order valence-corrected chi connectivity index (χ4v) is 3.61. The summed E-state index contributed by atoms with van der Waals surface area (Å²) in [5.41, 5.74) is 3.27. The molecule has 0 aliphatic heterocycles. The van der Waals surface area contributed by atoms with Gasteiger partial charge in [0.05, 0.1) is 0 Å². The summed E-state index contributed by atoms with van der Waals surface area (Å²) in [4.78, 5) is 0. The molecule has 1 aliphatic rings. The summed E-state index contributed by atoms with van der Waals surface area (Å²) in [6, 6.07) is 13.7. The SMILES string of the molecule is CCNC(c1ccsc1)C1(c2ccccc2)CC1. The van der Waals surface area contributed by atoms with E-state index in [2.05, 4.69) is 59.4 Å². The predicted octanol–water partition coefficient (Wildman–Crippen LogP) is 4.13. The quantitative estimate of drug-likeness (QED) is 0.849. The Morgan fingerprint density at radius 3 is 2.56 bits per heavy atom. The second kappa shape index (κ2) is 4.87. The van der Waals surface area contributed by atoms with Crippen LogP contribution in [0.2, 0.25) is 0 Å². The lowest BCUT2D eigenvalue weighted by Gasteiger charge is -2.28. The van der Waals surface area contributed by atoms with Gasteiger partial charge in [0.1, 0.15) is 0 Å². The molecule has 0 amide bonds. The summed E-state index contributed by atoms with van der Waals surface area (Å²) < 4.78 is 0. The molecule has 1 nitrogen and oxygen atoms in total. The zero-order valence-corrected chi connectivity index (χ0v) is 11.5. The molecule has 1 unspecified atom stereocenters. The zero-order valence-electron chi connectivity index (χ0n) is 10.7. The van der Waals surface area contributed by atoms with Gasteiger partial charge in [-0.05, 0) is 47.3 Å². The van der Waals surface area contributed by atoms with E-state index >= 15 is 0 Å². The van der Waals surface area contributed by atoms with Crippen molar-refractivity contribution in [1.29, 1.82) is 0 Å². The van der Waals surface area contributed by atoms with Crippen molar-refractivity contribution in [2.45, 2.75) is 31.2 Å². The van der Waals surface area contributed by atoms with Crippen LogP contribution in [0.3, 0.4) is 0 Å². The molecule has 94 valence electrons. The van der Waals surface area contributed by atoms with Gasteiger partial charge in [-0.15, -0.1) is 0 Å². The largest absolute Gasteiger partial charge is 0.309 e. The molecule has 1 saturated carbocycles. The van der Waals surface area contributed by atoms with Gasteiger partial charge < -0.3 is 5.32 Å². The molecule has 1 heterocycles. The summed E-state index contributed by atoms with van der Waals surface area (Å²) in [5.74, 6) is 0. The monoisotopic (exact) mass is 257 g/mol. The lowest BCUT2D eigenvalue weighted by atomic mass is 9.85. The molecule has 1 fully saturated rings. The van der Waals surface area contributed by atoms with E-state index in [0.29, 0.717) is 11.5 Å². The first kappa shape index (κ1) is 11.9. The van der Waals surface area contributed by atoms with Crippen LogP contribution in [0.15, 0.2) is 47.2 Å². The topological polar surface area (TPSA) is 12.0 Å². The average Bonchev–Trinajstić information content (AvgIpc) is 3.04. The fraction of sp³-hybridized carbons (Fsp3) is 0.375. The summed E-state index contributed by atoms with van der Waals surface area (Å²) in [7, 11) is 0. The highest BCUT2D eigenvalue weighted by Gasteiger charge is 2.50. The third kappa shape index (κ3) is 2.00. The number of benzene rings is 1. The van der Waals surface area contributed by atoms with Crippen LogP contribution in [0, 0.1) is 0 Å². The minimum Gasteiger partial charge on any atom is -0.309 e. The molecule has 0 radical (unpaired) electrons. The van der Waals surface area contributed by atoms with Crippen LogP contribution in [0.5, 0.6) is 0 Å². The molecule has 0 bridgehead atoms. The van der Waals surface area contributed by atoms with Crippen molar-refractivity contribution in [3.8, 4) is 0 Å². The Balaban J connectivity index is 1.96. The molecule has 1 aromatic carbocycles. The molecule has 1 N–H and O–H groups in total. The molecule has 1 aliphatic carbocycles. The Bertz CT molecular complexity index is 485. The van der Waals surface area contributed by atoms with Gasteiger partial charge in [0, 0.05) is 11.5 Å². The van der Waals surface area contributed by atoms with Gasteiger partial charge in [-0.3, -0.25) is 0 Å². The van der Waals surface area contributed by atoms with Crippen molar-refractivity contribution >= 4 is 11.3 Å². The van der Waals surface area contributed by atoms with Gasteiger partial charge in [0.2, 0.25) is 0 Å². The molecule has 2 aromatic rings. The first-order chi connectivity index (χ1) is 8.87. The predicted molar refractivity (Wildman–Crippen MR) is 78.1 cm³/mol. The number of likely N-dealkylation sites (N-methyl/N-ethyl adjacent to an activating group) is 1. The first-order valence-corrected chi connectivity index (χ1v) is 7.62. The maximum Gasteiger partial charge on any atom is 0.0426 e. The van der Waals surface area contributed by atoms with E-state index in [1.54, 1.807) is 11.3 Å². The second-order valence-electron chi connectivity index (χ2n) is 5.07. The zero-order chi connectivity index (χ0) is 12.4. The summed E-state index contributed by atoms with van der Waals surface area (Å²) >= 11 is 1.79. The number of thiophene rings is 1. The Morgan fingerprint density at radius 2 is 2.00 bits per heavy atom. The van der Waals surface area contributed by atoms with Crippen LogP contribution < -0.4 is 5.32 Å². The summed E-state index contributed by atoms with van der Waals surface area (Å²) in [5, 5.41) is 8.16. The van der Waals surface area contributed by atoms with Crippen molar-refractivity contribution in [3.05, 3.63) is 58.3 Å². The molecule has 0 spiro atoms. The lowest BCUT2D eigenvalue weighted by molar-refractivity contribution is 0.440. The highest BCUT2D eigenvalue weighted by Crippen LogP contribution is 2.56. The number of hydrogen-bond donors (Lipinski definition) is 1. The van der Waals surface area contributed by atoms with Gasteiger partial charge in [-0.25, -0.2) is 0 Å². The van der Waals surface area contributed by atoms with E-state index in [1.807, 2.05) is 0 Å². The molecule has 18 heavy (non-hydrogen) atoms. The van der Waals surface area contributed by atoms with Crippen LogP contribution in [-0.4, -0.2) is 6.54 Å². The second-order valence-corrected chi connectivity index (χ2v) is 5.85. The van der Waals surface area contributed by atoms with Crippen LogP contribution >= 0.6 is 11.3 Å². The van der Waals surface area contributed by atoms with Gasteiger partial charge in [0.25, 0.3) is 0 Å².